The van der Waals surface area contributed by atoms with Gasteiger partial charge in [-0.3, -0.25) is 0 Å². The molecule has 8 atom stereocenters. The van der Waals surface area contributed by atoms with Gasteiger partial charge in [0.25, 0.3) is 0 Å². The van der Waals surface area contributed by atoms with E-state index in [0.717, 1.165) is 43.8 Å². The molecule has 0 aromatic carbocycles. The fourth-order valence-electron chi connectivity index (χ4n) is 8.85. The maximum Gasteiger partial charge on any atom is 0.173 e. The number of hydrogen-bond acceptors (Lipinski definition) is 3. The van der Waals surface area contributed by atoms with Crippen LogP contribution in [0.2, 0.25) is 0 Å². The highest BCUT2D eigenvalue weighted by Crippen LogP contribution is 2.70. The molecule has 160 valence electrons. The average molecular weight is 391 g/mol. The quantitative estimate of drug-likeness (QED) is 0.601. The molecule has 0 bridgehead atoms. The minimum absolute atomic E-state index is 0.0781. The van der Waals surface area contributed by atoms with Crippen LogP contribution in [0, 0.1) is 45.8 Å². The Balaban J connectivity index is 1.41. The fourth-order valence-corrected chi connectivity index (χ4v) is 8.85. The molecule has 1 heterocycles. The van der Waals surface area contributed by atoms with Crippen LogP contribution in [0.5, 0.6) is 0 Å². The second-order valence-corrected chi connectivity index (χ2v) is 12.5. The summed E-state index contributed by atoms with van der Waals surface area (Å²) in [4.78, 5) is 0. The lowest BCUT2D eigenvalue weighted by atomic mass is 9.43. The van der Waals surface area contributed by atoms with E-state index in [-0.39, 0.29) is 22.7 Å². The van der Waals surface area contributed by atoms with Crippen molar-refractivity contribution >= 4 is 0 Å². The van der Waals surface area contributed by atoms with Crippen molar-refractivity contribution in [2.24, 2.45) is 45.8 Å². The van der Waals surface area contributed by atoms with Gasteiger partial charge in [0.05, 0.1) is 19.3 Å². The topological polar surface area (TPSA) is 38.7 Å². The normalized spacial score (nSPS) is 54.6. The molecule has 5 fully saturated rings. The van der Waals surface area contributed by atoms with Gasteiger partial charge in [-0.05, 0) is 80.0 Å². The van der Waals surface area contributed by atoms with E-state index in [1.807, 2.05) is 0 Å². The van der Waals surface area contributed by atoms with E-state index in [9.17, 15) is 5.11 Å². The van der Waals surface area contributed by atoms with Crippen molar-refractivity contribution in [2.45, 2.75) is 97.9 Å². The summed E-state index contributed by atoms with van der Waals surface area (Å²) in [6.07, 6.45) is 9.74. The van der Waals surface area contributed by atoms with Gasteiger partial charge in [0, 0.05) is 17.3 Å². The number of fused-ring (bicyclic) bond motifs is 6. The van der Waals surface area contributed by atoms with Crippen LogP contribution in [-0.4, -0.2) is 30.2 Å². The van der Waals surface area contributed by atoms with Gasteiger partial charge in [-0.1, -0.05) is 34.6 Å². The van der Waals surface area contributed by atoms with E-state index in [2.05, 4.69) is 34.6 Å². The number of aliphatic hydroxyl groups is 1. The molecule has 4 aliphatic carbocycles. The van der Waals surface area contributed by atoms with Gasteiger partial charge in [-0.2, -0.15) is 0 Å². The van der Waals surface area contributed by atoms with Crippen LogP contribution in [0.4, 0.5) is 0 Å². The number of ether oxygens (including phenoxy) is 2. The minimum atomic E-state index is -0.327. The highest BCUT2D eigenvalue weighted by atomic mass is 16.7. The lowest BCUT2D eigenvalue weighted by Gasteiger charge is -2.63. The van der Waals surface area contributed by atoms with Crippen LogP contribution < -0.4 is 0 Å². The monoisotopic (exact) mass is 390 g/mol. The van der Waals surface area contributed by atoms with Gasteiger partial charge >= 0.3 is 0 Å². The van der Waals surface area contributed by atoms with Crippen molar-refractivity contribution < 1.29 is 14.6 Å². The Hall–Kier alpha value is -0.120. The van der Waals surface area contributed by atoms with Crippen LogP contribution >= 0.6 is 0 Å². The summed E-state index contributed by atoms with van der Waals surface area (Å²) >= 11 is 0. The van der Waals surface area contributed by atoms with Gasteiger partial charge in [-0.25, -0.2) is 0 Å². The second-order valence-electron chi connectivity index (χ2n) is 12.5. The third kappa shape index (κ3) is 2.51. The Morgan fingerprint density at radius 2 is 1.43 bits per heavy atom. The Labute approximate surface area is 171 Å². The van der Waals surface area contributed by atoms with Crippen LogP contribution in [-0.2, 0) is 9.47 Å². The SMILES string of the molecule is CC1C(O)CCC2(C)C1CCC1C2CCC2(C)C1CCC21OCC(C)(C)CO1. The molecule has 1 N–H and O–H groups in total. The molecule has 1 spiro atoms. The first-order valence-corrected chi connectivity index (χ1v) is 12.1. The molecule has 1 aliphatic heterocycles. The Morgan fingerprint density at radius 1 is 0.750 bits per heavy atom. The Kier molecular flexibility index (Phi) is 4.39. The summed E-state index contributed by atoms with van der Waals surface area (Å²) in [6, 6.07) is 0. The van der Waals surface area contributed by atoms with E-state index in [0.29, 0.717) is 17.3 Å². The molecule has 3 nitrogen and oxygen atoms in total. The second kappa shape index (κ2) is 6.20. The predicted octanol–water partition coefficient (Wildman–Crippen LogP) is 5.41. The molecule has 0 radical (unpaired) electrons. The highest BCUT2D eigenvalue weighted by molar-refractivity contribution is 5.13. The maximum atomic E-state index is 10.5. The van der Waals surface area contributed by atoms with E-state index < -0.39 is 0 Å². The molecule has 0 amide bonds. The zero-order valence-electron chi connectivity index (χ0n) is 18.8. The molecule has 8 unspecified atom stereocenters. The van der Waals surface area contributed by atoms with Gasteiger partial charge in [0.15, 0.2) is 5.79 Å². The first kappa shape index (κ1) is 19.8. The van der Waals surface area contributed by atoms with Crippen molar-refractivity contribution in [1.29, 1.82) is 0 Å². The van der Waals surface area contributed by atoms with Gasteiger partial charge in [-0.15, -0.1) is 0 Å². The van der Waals surface area contributed by atoms with Crippen molar-refractivity contribution in [3.8, 4) is 0 Å². The van der Waals surface area contributed by atoms with E-state index in [4.69, 9.17) is 9.47 Å². The van der Waals surface area contributed by atoms with E-state index >= 15 is 0 Å². The number of rotatable bonds is 0. The summed E-state index contributed by atoms with van der Waals surface area (Å²) in [5.74, 6) is 3.24. The van der Waals surface area contributed by atoms with Crippen molar-refractivity contribution in [3.05, 3.63) is 0 Å². The lowest BCUT2D eigenvalue weighted by molar-refractivity contribution is -0.348. The van der Waals surface area contributed by atoms with E-state index in [1.54, 1.807) is 0 Å². The minimum Gasteiger partial charge on any atom is -0.393 e. The fraction of sp³-hybridized carbons (Fsp3) is 1.00. The smallest absolute Gasteiger partial charge is 0.173 e. The van der Waals surface area contributed by atoms with Crippen molar-refractivity contribution in [2.75, 3.05) is 13.2 Å². The molecule has 3 heteroatoms. The van der Waals surface area contributed by atoms with Crippen LogP contribution in [0.15, 0.2) is 0 Å². The van der Waals surface area contributed by atoms with Crippen molar-refractivity contribution in [1.82, 2.24) is 0 Å². The molecule has 5 aliphatic rings. The third-order valence-corrected chi connectivity index (χ3v) is 10.6. The van der Waals surface area contributed by atoms with Crippen LogP contribution in [0.1, 0.15) is 86.0 Å². The third-order valence-electron chi connectivity index (χ3n) is 10.6. The summed E-state index contributed by atoms with van der Waals surface area (Å²) in [7, 11) is 0. The van der Waals surface area contributed by atoms with Crippen molar-refractivity contribution in [3.63, 3.8) is 0 Å². The lowest BCUT2D eigenvalue weighted by Crippen LogP contribution is -2.61. The first-order valence-electron chi connectivity index (χ1n) is 12.1. The molecule has 0 aromatic heterocycles. The average Bonchev–Trinajstić information content (AvgIpc) is 2.94. The Bertz CT molecular complexity index is 619. The summed E-state index contributed by atoms with van der Waals surface area (Å²) in [5, 5.41) is 10.5. The Morgan fingerprint density at radius 3 is 2.14 bits per heavy atom. The molecular formula is C25H42O3. The summed E-state index contributed by atoms with van der Waals surface area (Å²) in [6.45, 7) is 13.6. The van der Waals surface area contributed by atoms with E-state index in [1.165, 1.54) is 38.5 Å². The molecule has 0 aromatic rings. The van der Waals surface area contributed by atoms with Gasteiger partial charge < -0.3 is 14.6 Å². The molecule has 5 rings (SSSR count). The number of hydrogen-bond donors (Lipinski definition) is 1. The molecule has 28 heavy (non-hydrogen) atoms. The van der Waals surface area contributed by atoms with Crippen LogP contribution in [0.3, 0.4) is 0 Å². The largest absolute Gasteiger partial charge is 0.393 e. The molecular weight excluding hydrogens is 348 g/mol. The zero-order chi connectivity index (χ0) is 19.9. The molecule has 4 saturated carbocycles. The zero-order valence-corrected chi connectivity index (χ0v) is 18.8. The molecule has 1 saturated heterocycles. The standard InChI is InChI=1S/C25H42O3/c1-16-18-7-6-17-19(23(18,4)11-10-21(16)26)8-12-24(5)20(17)9-13-25(24)27-14-22(2,3)15-28-25/h16-21,26H,6-15H2,1-5H3. The van der Waals surface area contributed by atoms with Gasteiger partial charge in [0.1, 0.15) is 0 Å². The number of aliphatic hydroxyl groups excluding tert-OH is 1. The summed E-state index contributed by atoms with van der Waals surface area (Å²) in [5.41, 5.74) is 0.740. The predicted molar refractivity (Wildman–Crippen MR) is 111 cm³/mol. The van der Waals surface area contributed by atoms with Gasteiger partial charge in [0.2, 0.25) is 0 Å². The maximum absolute atomic E-state index is 10.5. The summed E-state index contributed by atoms with van der Waals surface area (Å²) < 4.78 is 13.2. The van der Waals surface area contributed by atoms with Crippen LogP contribution in [0.25, 0.3) is 0 Å². The first-order chi connectivity index (χ1) is 13.1. The highest BCUT2D eigenvalue weighted by Gasteiger charge is 2.67.